The van der Waals surface area contributed by atoms with Gasteiger partial charge in [0.05, 0.1) is 23.9 Å². The number of nitrogens with one attached hydrogen (secondary N) is 1. The number of hydrogen-bond donors (Lipinski definition) is 3. The van der Waals surface area contributed by atoms with Crippen LogP contribution in [0, 0.1) is 23.2 Å². The Morgan fingerprint density at radius 2 is 2.14 bits per heavy atom. The fourth-order valence-electron chi connectivity index (χ4n) is 5.53. The molecule has 2 aliphatic rings. The lowest BCUT2D eigenvalue weighted by Gasteiger charge is -2.23. The van der Waals surface area contributed by atoms with Crippen LogP contribution in [0.3, 0.4) is 0 Å². The third-order valence-electron chi connectivity index (χ3n) is 7.46. The molecule has 2 fully saturated rings. The van der Waals surface area contributed by atoms with Crippen LogP contribution in [0.2, 0.25) is 5.02 Å². The molecule has 0 spiro atoms. The van der Waals surface area contributed by atoms with Gasteiger partial charge in [-0.2, -0.15) is 0 Å². The van der Waals surface area contributed by atoms with Crippen LogP contribution < -0.4 is 5.32 Å². The third kappa shape index (κ3) is 4.15. The molecular formula is C27H30ClN5O3. The molecule has 2 saturated carbocycles. The van der Waals surface area contributed by atoms with Crippen LogP contribution >= 0.6 is 11.6 Å². The van der Waals surface area contributed by atoms with E-state index in [0.29, 0.717) is 47.2 Å². The van der Waals surface area contributed by atoms with E-state index in [1.165, 1.54) is 0 Å². The molecule has 0 aliphatic heterocycles. The minimum atomic E-state index is -1.10. The van der Waals surface area contributed by atoms with E-state index in [4.69, 9.17) is 11.6 Å². The van der Waals surface area contributed by atoms with Crippen molar-refractivity contribution in [2.24, 2.45) is 11.3 Å². The first kappa shape index (κ1) is 24.7. The maximum Gasteiger partial charge on any atom is 0.208 e. The van der Waals surface area contributed by atoms with Crippen molar-refractivity contribution in [3.8, 4) is 11.8 Å². The van der Waals surface area contributed by atoms with Crippen LogP contribution in [0.1, 0.15) is 63.4 Å². The third-order valence-corrected chi connectivity index (χ3v) is 7.70. The highest BCUT2D eigenvalue weighted by Crippen LogP contribution is 2.68. The molecule has 0 bridgehead atoms. The summed E-state index contributed by atoms with van der Waals surface area (Å²) in [5.41, 5.74) is 1.16. The van der Waals surface area contributed by atoms with E-state index >= 15 is 0 Å². The van der Waals surface area contributed by atoms with Crippen molar-refractivity contribution in [2.45, 2.75) is 70.7 Å². The number of aliphatic hydroxyl groups excluding tert-OH is 2. The molecule has 3 aromatic rings. The van der Waals surface area contributed by atoms with E-state index in [-0.39, 0.29) is 11.7 Å². The number of aromatic nitrogens is 4. The van der Waals surface area contributed by atoms with Gasteiger partial charge in [-0.1, -0.05) is 49.9 Å². The number of fused-ring (bicyclic) bond motifs is 2. The van der Waals surface area contributed by atoms with Crippen LogP contribution in [0.5, 0.6) is 0 Å². The molecule has 188 valence electrons. The van der Waals surface area contributed by atoms with Gasteiger partial charge in [-0.15, -0.1) is 0 Å². The van der Waals surface area contributed by atoms with E-state index in [1.807, 2.05) is 24.3 Å². The number of carbonyl (C=O) groups excluding carboxylic acids is 1. The van der Waals surface area contributed by atoms with Crippen LogP contribution in [0.15, 0.2) is 30.6 Å². The van der Waals surface area contributed by atoms with Gasteiger partial charge in [0.2, 0.25) is 5.82 Å². The highest BCUT2D eigenvalue weighted by molar-refractivity contribution is 6.30. The number of anilines is 1. The average molecular weight is 508 g/mol. The number of benzene rings is 1. The van der Waals surface area contributed by atoms with Gasteiger partial charge in [-0.25, -0.2) is 15.0 Å². The summed E-state index contributed by atoms with van der Waals surface area (Å²) in [6.45, 7) is 4.38. The number of unbranched alkanes of at least 4 members (excludes halogenated alkanes) is 2. The first-order valence-electron chi connectivity index (χ1n) is 12.5. The largest absolute Gasteiger partial charge is 0.389 e. The number of carbonyl (C=O) groups is 1. The van der Waals surface area contributed by atoms with E-state index in [0.717, 1.165) is 24.8 Å². The summed E-state index contributed by atoms with van der Waals surface area (Å²) in [4.78, 5) is 26.6. The first-order chi connectivity index (χ1) is 17.4. The maximum absolute atomic E-state index is 12.7. The molecule has 5 rings (SSSR count). The van der Waals surface area contributed by atoms with Crippen LogP contribution in [-0.4, -0.2) is 47.7 Å². The number of imidazole rings is 1. The molecule has 2 aromatic heterocycles. The van der Waals surface area contributed by atoms with E-state index in [2.05, 4.69) is 39.0 Å². The molecule has 0 radical (unpaired) electrons. The zero-order valence-corrected chi connectivity index (χ0v) is 21.2. The SMILES string of the molecule is CCCCC#Cc1nc(NCc2cccc(Cl)c2)c2ncn([C@H]3C(O)[C@@H](O)[C@]4(C(=O)CC)CC34)c2n1. The number of nitrogens with zero attached hydrogens (tertiary/aromatic N) is 4. The fourth-order valence-corrected chi connectivity index (χ4v) is 5.74. The molecule has 5 atom stereocenters. The highest BCUT2D eigenvalue weighted by Gasteiger charge is 2.74. The van der Waals surface area contributed by atoms with Gasteiger partial charge in [0.25, 0.3) is 0 Å². The number of halogens is 1. The van der Waals surface area contributed by atoms with Gasteiger partial charge in [0.15, 0.2) is 17.0 Å². The first-order valence-corrected chi connectivity index (χ1v) is 12.9. The summed E-state index contributed by atoms with van der Waals surface area (Å²) in [6, 6.07) is 7.06. The Bertz CT molecular complexity index is 1360. The van der Waals surface area contributed by atoms with Crippen molar-refractivity contribution in [1.82, 2.24) is 19.5 Å². The van der Waals surface area contributed by atoms with Gasteiger partial charge in [0.1, 0.15) is 11.9 Å². The van der Waals surface area contributed by atoms with E-state index < -0.39 is 23.7 Å². The summed E-state index contributed by atoms with van der Waals surface area (Å²) in [7, 11) is 0. The molecule has 36 heavy (non-hydrogen) atoms. The van der Waals surface area contributed by atoms with Crippen LogP contribution in [0.25, 0.3) is 11.2 Å². The van der Waals surface area contributed by atoms with Crippen molar-refractivity contribution in [3.05, 3.63) is 47.0 Å². The molecule has 3 N–H and O–H groups in total. The number of ketones is 1. The van der Waals surface area contributed by atoms with Crippen molar-refractivity contribution in [3.63, 3.8) is 0 Å². The number of rotatable bonds is 8. The van der Waals surface area contributed by atoms with E-state index in [1.54, 1.807) is 17.8 Å². The molecule has 2 aliphatic carbocycles. The lowest BCUT2D eigenvalue weighted by molar-refractivity contribution is -0.130. The second-order valence-electron chi connectivity index (χ2n) is 9.66. The zero-order valence-electron chi connectivity index (χ0n) is 20.4. The van der Waals surface area contributed by atoms with Crippen LogP contribution in [0.4, 0.5) is 5.82 Å². The van der Waals surface area contributed by atoms with Crippen molar-refractivity contribution < 1.29 is 15.0 Å². The fraction of sp³-hybridized carbons (Fsp3) is 0.481. The van der Waals surface area contributed by atoms with Gasteiger partial charge in [0, 0.05) is 24.4 Å². The topological polar surface area (TPSA) is 113 Å². The minimum Gasteiger partial charge on any atom is -0.389 e. The zero-order chi connectivity index (χ0) is 25.4. The summed E-state index contributed by atoms with van der Waals surface area (Å²) in [6.07, 6.45) is 3.10. The normalized spacial score (nSPS) is 26.4. The van der Waals surface area contributed by atoms with Crippen LogP contribution in [-0.2, 0) is 11.3 Å². The maximum atomic E-state index is 12.7. The monoisotopic (exact) mass is 507 g/mol. The Kier molecular flexibility index (Phi) is 6.73. The second-order valence-corrected chi connectivity index (χ2v) is 10.1. The Morgan fingerprint density at radius 3 is 2.89 bits per heavy atom. The minimum absolute atomic E-state index is 0.00745. The van der Waals surface area contributed by atoms with Gasteiger partial charge in [-0.05, 0) is 42.4 Å². The number of hydrogen-bond acceptors (Lipinski definition) is 7. The number of Topliss-reactive ketones (excluding diaryl/α,β-unsaturated/α-hetero) is 1. The predicted molar refractivity (Wildman–Crippen MR) is 137 cm³/mol. The smallest absolute Gasteiger partial charge is 0.208 e. The molecule has 2 unspecified atom stereocenters. The summed E-state index contributed by atoms with van der Waals surface area (Å²) in [5.74, 6) is 6.91. The highest BCUT2D eigenvalue weighted by atomic mass is 35.5. The quantitative estimate of drug-likeness (QED) is 0.313. The Morgan fingerprint density at radius 1 is 1.31 bits per heavy atom. The second kappa shape index (κ2) is 9.81. The average Bonchev–Trinajstić information content (AvgIpc) is 3.41. The summed E-state index contributed by atoms with van der Waals surface area (Å²) >= 11 is 6.14. The molecule has 2 heterocycles. The number of aliphatic hydroxyl groups is 2. The molecule has 1 aromatic carbocycles. The Hall–Kier alpha value is -2.99. The molecule has 9 heteroatoms. The van der Waals surface area contributed by atoms with Gasteiger partial charge < -0.3 is 20.1 Å². The molecular weight excluding hydrogens is 478 g/mol. The molecule has 8 nitrogen and oxygen atoms in total. The predicted octanol–water partition coefficient (Wildman–Crippen LogP) is 3.90. The lowest BCUT2D eigenvalue weighted by atomic mass is 9.92. The van der Waals surface area contributed by atoms with Crippen molar-refractivity contribution in [2.75, 3.05) is 5.32 Å². The summed E-state index contributed by atoms with van der Waals surface area (Å²) in [5, 5.41) is 25.8. The van der Waals surface area contributed by atoms with Crippen molar-refractivity contribution >= 4 is 34.4 Å². The van der Waals surface area contributed by atoms with Crippen molar-refractivity contribution in [1.29, 1.82) is 0 Å². The molecule has 0 amide bonds. The van der Waals surface area contributed by atoms with E-state index in [9.17, 15) is 15.0 Å². The van der Waals surface area contributed by atoms with Gasteiger partial charge >= 0.3 is 0 Å². The lowest BCUT2D eigenvalue weighted by Crippen LogP contribution is -2.37. The van der Waals surface area contributed by atoms with Gasteiger partial charge in [-0.3, -0.25) is 4.79 Å². The Labute approximate surface area is 215 Å². The molecule has 0 saturated heterocycles. The summed E-state index contributed by atoms with van der Waals surface area (Å²) < 4.78 is 1.79. The standard InChI is InChI=1S/C27H30ClN5O3/c1-3-5-6-7-11-20-31-25(29-14-16-9-8-10-17(28)12-16)21-26(32-20)33(15-30-21)22-18-13-27(18,19(34)4-2)24(36)23(22)35/h8-10,12,15,18,22-24,35-36H,3-6,13-14H2,1-2H3,(H,29,31,32)/t18?,22-,23?,24-,27-/m1/s1. The Balaban J connectivity index is 1.53.